The van der Waals surface area contributed by atoms with Gasteiger partial charge in [0, 0.05) is 11.4 Å². The molecule has 2 unspecified atom stereocenters. The van der Waals surface area contributed by atoms with Crippen molar-refractivity contribution in [3.05, 3.63) is 29.8 Å². The fourth-order valence-corrected chi connectivity index (χ4v) is 3.61. The number of sulfone groups is 1. The van der Waals surface area contributed by atoms with Crippen molar-refractivity contribution in [2.24, 2.45) is 0 Å². The topological polar surface area (TPSA) is 80.4 Å². The van der Waals surface area contributed by atoms with Gasteiger partial charge < -0.3 is 10.8 Å². The van der Waals surface area contributed by atoms with Crippen LogP contribution in [0.15, 0.2) is 24.3 Å². The molecule has 2 atom stereocenters. The number of aliphatic hydroxyl groups is 1. The van der Waals surface area contributed by atoms with Crippen molar-refractivity contribution < 1.29 is 13.5 Å². The second kappa shape index (κ2) is 5.33. The Labute approximate surface area is 109 Å². The van der Waals surface area contributed by atoms with Gasteiger partial charge in [0.15, 0.2) is 9.84 Å². The molecule has 0 aromatic heterocycles. The van der Waals surface area contributed by atoms with Gasteiger partial charge in [0.05, 0.1) is 0 Å². The minimum atomic E-state index is -3.26. The summed E-state index contributed by atoms with van der Waals surface area (Å²) < 4.78 is 22.4. The van der Waals surface area contributed by atoms with Gasteiger partial charge in [-0.15, -0.1) is 0 Å². The molecule has 1 aromatic rings. The average Bonchev–Trinajstić information content (AvgIpc) is 2.27. The van der Waals surface area contributed by atoms with Crippen LogP contribution in [0.2, 0.25) is 0 Å². The Balaban J connectivity index is 2.99. The molecule has 0 spiro atoms. The lowest BCUT2D eigenvalue weighted by molar-refractivity contribution is 0.197. The third-order valence-electron chi connectivity index (χ3n) is 2.25. The van der Waals surface area contributed by atoms with Gasteiger partial charge in [0.25, 0.3) is 0 Å². The number of hydrogen-bond acceptors (Lipinski definition) is 4. The molecule has 0 aliphatic carbocycles. The molecule has 0 heterocycles. The van der Waals surface area contributed by atoms with Gasteiger partial charge >= 0.3 is 0 Å². The molecular weight excluding hydrogens is 341 g/mol. The fourth-order valence-electron chi connectivity index (χ4n) is 1.25. The molecule has 0 fully saturated rings. The number of nitrogen functional groups attached to an aromatic ring is 1. The normalized spacial score (nSPS) is 15.7. The highest BCUT2D eigenvalue weighted by Gasteiger charge is 2.29. The van der Waals surface area contributed by atoms with Crippen LogP contribution in [0.25, 0.3) is 0 Å². The summed E-state index contributed by atoms with van der Waals surface area (Å²) in [5.74, 6) is 0.0139. The third-order valence-corrected chi connectivity index (χ3v) is 7.00. The van der Waals surface area contributed by atoms with Crippen molar-refractivity contribution in [2.75, 3.05) is 11.5 Å². The molecule has 4 nitrogen and oxygen atoms in total. The third kappa shape index (κ3) is 3.08. The minimum absolute atomic E-state index is 0.0139. The molecule has 0 aliphatic heterocycles. The van der Waals surface area contributed by atoms with Crippen LogP contribution in [0.5, 0.6) is 0 Å². The second-order valence-electron chi connectivity index (χ2n) is 3.42. The molecule has 1 rings (SSSR count). The molecule has 3 N–H and O–H groups in total. The summed E-state index contributed by atoms with van der Waals surface area (Å²) in [4.78, 5) is 0. The highest BCUT2D eigenvalue weighted by atomic mass is 127. The van der Waals surface area contributed by atoms with E-state index in [-0.39, 0.29) is 5.75 Å². The highest BCUT2D eigenvalue weighted by molar-refractivity contribution is 14.1. The maximum atomic E-state index is 11.6. The first-order valence-corrected chi connectivity index (χ1v) is 7.73. The Morgan fingerprint density at radius 3 is 2.62 bits per heavy atom. The van der Waals surface area contributed by atoms with E-state index in [2.05, 4.69) is 0 Å². The van der Waals surface area contributed by atoms with Crippen LogP contribution < -0.4 is 5.73 Å². The quantitative estimate of drug-likeness (QED) is 0.487. The van der Waals surface area contributed by atoms with E-state index in [0.717, 1.165) is 0 Å². The van der Waals surface area contributed by atoms with Crippen LogP contribution in [0.4, 0.5) is 5.69 Å². The lowest BCUT2D eigenvalue weighted by Crippen LogP contribution is -2.24. The molecule has 0 aliphatic rings. The van der Waals surface area contributed by atoms with E-state index in [1.165, 1.54) is 0 Å². The maximum absolute atomic E-state index is 11.6. The molecule has 16 heavy (non-hydrogen) atoms. The van der Waals surface area contributed by atoms with Crippen LogP contribution in [0.1, 0.15) is 18.6 Å². The summed E-state index contributed by atoms with van der Waals surface area (Å²) in [5, 5.41) is 9.94. The Hall–Kier alpha value is -0.340. The van der Waals surface area contributed by atoms with Crippen molar-refractivity contribution in [3.8, 4) is 0 Å². The zero-order valence-electron chi connectivity index (χ0n) is 8.80. The molecule has 0 saturated carbocycles. The summed E-state index contributed by atoms with van der Waals surface area (Å²) in [7, 11) is -3.26. The smallest absolute Gasteiger partial charge is 0.164 e. The van der Waals surface area contributed by atoms with E-state index in [1.54, 1.807) is 53.8 Å². The predicted octanol–water partition coefficient (Wildman–Crippen LogP) is 1.50. The van der Waals surface area contributed by atoms with Gasteiger partial charge in [-0.1, -0.05) is 41.6 Å². The number of benzene rings is 1. The number of halogens is 1. The molecule has 6 heteroatoms. The van der Waals surface area contributed by atoms with E-state index in [9.17, 15) is 13.5 Å². The zero-order chi connectivity index (χ0) is 12.3. The SMILES string of the molecule is CCS(=O)(=O)C(I)C(O)c1cccc(N)c1. The Bertz CT molecular complexity index is 461. The Kier molecular flexibility index (Phi) is 4.57. The average molecular weight is 355 g/mol. The van der Waals surface area contributed by atoms with Gasteiger partial charge in [-0.05, 0) is 17.7 Å². The van der Waals surface area contributed by atoms with Gasteiger partial charge in [0.1, 0.15) is 9.36 Å². The first-order chi connectivity index (χ1) is 7.38. The molecule has 0 amide bonds. The number of nitrogens with two attached hydrogens (primary N) is 1. The van der Waals surface area contributed by atoms with Crippen LogP contribution >= 0.6 is 22.6 Å². The van der Waals surface area contributed by atoms with Crippen molar-refractivity contribution in [3.63, 3.8) is 0 Å². The summed E-state index contributed by atoms with van der Waals surface area (Å²) in [5.41, 5.74) is 6.61. The molecule has 1 aromatic carbocycles. The molecule has 0 bridgehead atoms. The monoisotopic (exact) mass is 355 g/mol. The second-order valence-corrected chi connectivity index (χ2v) is 8.02. The molecule has 0 saturated heterocycles. The van der Waals surface area contributed by atoms with Gasteiger partial charge in [-0.25, -0.2) is 8.42 Å². The summed E-state index contributed by atoms with van der Waals surface area (Å²) in [6.07, 6.45) is -1.05. The molecule has 90 valence electrons. The standard InChI is InChI=1S/C10H14INO3S/c1-2-16(14,15)10(11)9(13)7-4-3-5-8(12)6-7/h3-6,9-10,13H,2,12H2,1H3. The number of aliphatic hydroxyl groups excluding tert-OH is 1. The summed E-state index contributed by atoms with van der Waals surface area (Å²) in [6.45, 7) is 1.56. The first-order valence-electron chi connectivity index (χ1n) is 4.77. The van der Waals surface area contributed by atoms with Gasteiger partial charge in [-0.3, -0.25) is 0 Å². The molecular formula is C10H14INO3S. The lowest BCUT2D eigenvalue weighted by atomic mass is 10.1. The maximum Gasteiger partial charge on any atom is 0.164 e. The van der Waals surface area contributed by atoms with Crippen LogP contribution in [-0.4, -0.2) is 22.5 Å². The zero-order valence-corrected chi connectivity index (χ0v) is 11.8. The Morgan fingerprint density at radius 1 is 1.50 bits per heavy atom. The van der Waals surface area contributed by atoms with Crippen molar-refractivity contribution in [2.45, 2.75) is 16.3 Å². The van der Waals surface area contributed by atoms with Crippen LogP contribution in [-0.2, 0) is 9.84 Å². The van der Waals surface area contributed by atoms with Crippen LogP contribution in [0.3, 0.4) is 0 Å². The largest absolute Gasteiger partial charge is 0.399 e. The first kappa shape index (κ1) is 13.7. The molecule has 0 radical (unpaired) electrons. The van der Waals surface area contributed by atoms with E-state index in [1.807, 2.05) is 0 Å². The minimum Gasteiger partial charge on any atom is -0.399 e. The predicted molar refractivity (Wildman–Crippen MR) is 73.1 cm³/mol. The van der Waals surface area contributed by atoms with Crippen molar-refractivity contribution in [1.29, 1.82) is 0 Å². The van der Waals surface area contributed by atoms with Crippen LogP contribution in [0, 0.1) is 0 Å². The van der Waals surface area contributed by atoms with E-state index >= 15 is 0 Å². The highest BCUT2D eigenvalue weighted by Crippen LogP contribution is 2.28. The lowest BCUT2D eigenvalue weighted by Gasteiger charge is -2.17. The van der Waals surface area contributed by atoms with Crippen molar-refractivity contribution >= 4 is 38.1 Å². The van der Waals surface area contributed by atoms with E-state index in [0.29, 0.717) is 11.3 Å². The van der Waals surface area contributed by atoms with E-state index < -0.39 is 19.2 Å². The van der Waals surface area contributed by atoms with Crippen molar-refractivity contribution in [1.82, 2.24) is 0 Å². The van der Waals surface area contributed by atoms with E-state index in [4.69, 9.17) is 5.73 Å². The number of rotatable bonds is 4. The fraction of sp³-hybridized carbons (Fsp3) is 0.400. The number of anilines is 1. The number of hydrogen-bond donors (Lipinski definition) is 2. The van der Waals surface area contributed by atoms with Gasteiger partial charge in [-0.2, -0.15) is 0 Å². The Morgan fingerprint density at radius 2 is 2.12 bits per heavy atom. The summed E-state index contributed by atoms with van der Waals surface area (Å²) >= 11 is 1.75. The summed E-state index contributed by atoms with van der Waals surface area (Å²) in [6, 6.07) is 6.63. The van der Waals surface area contributed by atoms with Gasteiger partial charge in [0.2, 0.25) is 0 Å². The number of alkyl halides is 1.